The third kappa shape index (κ3) is 5.06. The number of amides is 4. The van der Waals surface area contributed by atoms with Gasteiger partial charge in [0.2, 0.25) is 11.8 Å². The number of halogens is 1. The Morgan fingerprint density at radius 1 is 0.830 bits per heavy atom. The molecule has 2 aliphatic heterocycles. The van der Waals surface area contributed by atoms with Crippen LogP contribution in [-0.2, 0) is 24.6 Å². The molecule has 2 saturated heterocycles. The fourth-order valence-corrected chi connectivity index (χ4v) is 9.42. The van der Waals surface area contributed by atoms with Crippen LogP contribution in [0.1, 0.15) is 41.0 Å². The second-order valence-corrected chi connectivity index (χ2v) is 14.7. The number of hydrogen-bond donors (Lipinski definition) is 2. The zero-order valence-electron chi connectivity index (χ0n) is 29.6. The summed E-state index contributed by atoms with van der Waals surface area (Å²) in [7, 11) is 2.93. The molecule has 6 atom stereocenters. The number of ether oxygens (including phenoxy) is 2. The van der Waals surface area contributed by atoms with Gasteiger partial charge in [-0.3, -0.25) is 24.6 Å². The number of benzene rings is 4. The number of allylic oxidation sites excluding steroid dienone is 2. The fourth-order valence-electron chi connectivity index (χ4n) is 9.25. The topological polar surface area (TPSA) is 125 Å². The minimum Gasteiger partial charge on any atom is -0.508 e. The zero-order chi connectivity index (χ0) is 37.3. The number of aromatic hydroxyl groups is 1. The van der Waals surface area contributed by atoms with Crippen LogP contribution in [0.5, 0.6) is 17.2 Å². The van der Waals surface area contributed by atoms with E-state index in [0.717, 1.165) is 21.7 Å². The highest BCUT2D eigenvalue weighted by Crippen LogP contribution is 2.66. The Morgan fingerprint density at radius 3 is 2.15 bits per heavy atom. The number of nitrogens with one attached hydrogen (secondary N) is 1. The molecule has 2 aliphatic carbocycles. The maximum Gasteiger partial charge on any atom is 0.260 e. The molecule has 53 heavy (non-hydrogen) atoms. The van der Waals surface area contributed by atoms with E-state index in [1.807, 2.05) is 62.4 Å². The summed E-state index contributed by atoms with van der Waals surface area (Å²) < 4.78 is 11.8. The molecule has 0 bridgehead atoms. The van der Waals surface area contributed by atoms with Crippen LogP contribution in [0, 0.1) is 37.5 Å². The number of phenols is 1. The van der Waals surface area contributed by atoms with Gasteiger partial charge in [0, 0.05) is 28.6 Å². The second-order valence-electron chi connectivity index (χ2n) is 14.3. The minimum absolute atomic E-state index is 0.113. The lowest BCUT2D eigenvalue weighted by atomic mass is 9.49. The maximum absolute atomic E-state index is 15.5. The Kier molecular flexibility index (Phi) is 8.33. The molecule has 0 spiro atoms. The van der Waals surface area contributed by atoms with Crippen LogP contribution in [-0.4, -0.2) is 48.0 Å². The van der Waals surface area contributed by atoms with Gasteiger partial charge < -0.3 is 14.6 Å². The van der Waals surface area contributed by atoms with Crippen LogP contribution in [0.4, 0.5) is 11.4 Å². The molecule has 11 heteroatoms. The van der Waals surface area contributed by atoms with Gasteiger partial charge in [0.05, 0.1) is 48.8 Å². The quantitative estimate of drug-likeness (QED) is 0.156. The smallest absolute Gasteiger partial charge is 0.260 e. The van der Waals surface area contributed by atoms with Crippen LogP contribution in [0.2, 0.25) is 5.02 Å². The Hall–Kier alpha value is -5.61. The number of methoxy groups -OCH3 is 2. The number of imide groups is 2. The lowest BCUT2D eigenvalue weighted by Crippen LogP contribution is -2.53. The highest BCUT2D eigenvalue weighted by Gasteiger charge is 2.71. The Bertz CT molecular complexity index is 2200. The van der Waals surface area contributed by atoms with Crippen molar-refractivity contribution in [2.75, 3.05) is 24.5 Å². The van der Waals surface area contributed by atoms with Crippen LogP contribution >= 0.6 is 11.6 Å². The molecule has 8 rings (SSSR count). The predicted molar refractivity (Wildman–Crippen MR) is 199 cm³/mol. The number of fused-ring (bicyclic) bond motifs is 4. The standard InChI is InChI=1S/C42H38ClN3O7/c1-22-10-13-25(14-11-22)44-46-39(49)31-21-30-28(16-17-29-35(30)40(50)45(38(29)48)26-15-12-23(2)32(43)18-26)37(36-33(52-3)19-27(47)20-34(36)53-4)42(31,41(46)51)24-8-6-5-7-9-24/h5-16,18-20,29-31,35,37,44,47H,17,21H2,1-4H3/t29-,30+,31-,35-,37+,42+/m0/s1. The first-order chi connectivity index (χ1) is 25.5. The van der Waals surface area contributed by atoms with Gasteiger partial charge in [-0.15, -0.1) is 0 Å². The summed E-state index contributed by atoms with van der Waals surface area (Å²) in [6.45, 7) is 3.80. The van der Waals surface area contributed by atoms with Crippen molar-refractivity contribution in [1.82, 2.24) is 5.01 Å². The molecule has 4 aliphatic rings. The molecule has 2 heterocycles. The first-order valence-electron chi connectivity index (χ1n) is 17.6. The van der Waals surface area contributed by atoms with Crippen LogP contribution in [0.3, 0.4) is 0 Å². The molecule has 0 aromatic heterocycles. The van der Waals surface area contributed by atoms with Crippen LogP contribution in [0.15, 0.2) is 96.6 Å². The van der Waals surface area contributed by atoms with E-state index < -0.39 is 46.8 Å². The lowest BCUT2D eigenvalue weighted by Gasteiger charge is -2.51. The maximum atomic E-state index is 15.5. The van der Waals surface area contributed by atoms with Gasteiger partial charge in [-0.05, 0) is 68.0 Å². The van der Waals surface area contributed by atoms with E-state index >= 15 is 4.79 Å². The number of phenolic OH excluding ortho intramolecular Hbond substituents is 1. The van der Waals surface area contributed by atoms with E-state index in [9.17, 15) is 19.5 Å². The number of anilines is 2. The third-order valence-corrected chi connectivity index (χ3v) is 12.0. The average molecular weight is 732 g/mol. The van der Waals surface area contributed by atoms with Crippen molar-refractivity contribution in [2.24, 2.45) is 23.7 Å². The first-order valence-corrected chi connectivity index (χ1v) is 17.9. The molecule has 0 unspecified atom stereocenters. The predicted octanol–water partition coefficient (Wildman–Crippen LogP) is 6.87. The molecule has 270 valence electrons. The van der Waals surface area contributed by atoms with Gasteiger partial charge in [0.15, 0.2) is 0 Å². The Balaban J connectivity index is 1.36. The molecular formula is C42H38ClN3O7. The second kappa shape index (κ2) is 12.8. The first kappa shape index (κ1) is 34.5. The molecule has 10 nitrogen and oxygen atoms in total. The Morgan fingerprint density at radius 2 is 1.51 bits per heavy atom. The number of aryl methyl sites for hydroxylation is 2. The number of carbonyl (C=O) groups excluding carboxylic acids is 4. The SMILES string of the molecule is COc1cc(O)cc(OC)c1[C@H]1C2=CC[C@@H]3C(=O)N(c4ccc(C)c(Cl)c4)C(=O)[C@@H]3[C@@H]2C[C@H]2C(=O)N(Nc3ccc(C)cc3)C(=O)[C@@]12c1ccccc1. The summed E-state index contributed by atoms with van der Waals surface area (Å²) in [4.78, 5) is 60.4. The van der Waals surface area contributed by atoms with E-state index in [2.05, 4.69) is 5.43 Å². The Labute approximate surface area is 311 Å². The molecule has 3 fully saturated rings. The molecule has 0 radical (unpaired) electrons. The molecule has 4 aromatic rings. The van der Waals surface area contributed by atoms with Crippen molar-refractivity contribution >= 4 is 46.6 Å². The number of nitrogens with zero attached hydrogens (tertiary/aromatic N) is 2. The summed E-state index contributed by atoms with van der Waals surface area (Å²) in [5.74, 6) is -5.25. The molecular weight excluding hydrogens is 694 g/mol. The lowest BCUT2D eigenvalue weighted by molar-refractivity contribution is -0.138. The van der Waals surface area contributed by atoms with Crippen molar-refractivity contribution < 1.29 is 33.8 Å². The van der Waals surface area contributed by atoms with E-state index in [1.165, 1.54) is 31.3 Å². The monoisotopic (exact) mass is 731 g/mol. The summed E-state index contributed by atoms with van der Waals surface area (Å²) in [6.07, 6.45) is 2.33. The third-order valence-electron chi connectivity index (χ3n) is 11.6. The van der Waals surface area contributed by atoms with Gasteiger partial charge in [-0.2, -0.15) is 5.01 Å². The van der Waals surface area contributed by atoms with Crippen molar-refractivity contribution in [3.8, 4) is 17.2 Å². The summed E-state index contributed by atoms with van der Waals surface area (Å²) >= 11 is 6.47. The van der Waals surface area contributed by atoms with E-state index in [4.69, 9.17) is 21.1 Å². The summed E-state index contributed by atoms with van der Waals surface area (Å²) in [5.41, 5.74) is 6.12. The van der Waals surface area contributed by atoms with Crippen LogP contribution < -0.4 is 19.8 Å². The van der Waals surface area contributed by atoms with E-state index in [0.29, 0.717) is 27.5 Å². The van der Waals surface area contributed by atoms with Gasteiger partial charge >= 0.3 is 0 Å². The number of hydrogen-bond acceptors (Lipinski definition) is 8. The van der Waals surface area contributed by atoms with Gasteiger partial charge in [0.25, 0.3) is 11.8 Å². The number of rotatable bonds is 7. The summed E-state index contributed by atoms with van der Waals surface area (Å²) in [6, 6.07) is 24.6. The van der Waals surface area contributed by atoms with Gasteiger partial charge in [0.1, 0.15) is 17.2 Å². The molecule has 2 N–H and O–H groups in total. The van der Waals surface area contributed by atoms with E-state index in [-0.39, 0.29) is 41.9 Å². The zero-order valence-corrected chi connectivity index (χ0v) is 30.4. The highest BCUT2D eigenvalue weighted by molar-refractivity contribution is 6.32. The van der Waals surface area contributed by atoms with Crippen molar-refractivity contribution in [1.29, 1.82) is 0 Å². The fraction of sp³-hybridized carbons (Fsp3) is 0.286. The molecule has 4 aromatic carbocycles. The molecule has 4 amide bonds. The van der Waals surface area contributed by atoms with Gasteiger partial charge in [-0.25, -0.2) is 4.90 Å². The number of hydrazine groups is 1. The largest absolute Gasteiger partial charge is 0.508 e. The van der Waals surface area contributed by atoms with Crippen molar-refractivity contribution in [3.63, 3.8) is 0 Å². The van der Waals surface area contributed by atoms with Crippen LogP contribution in [0.25, 0.3) is 0 Å². The number of carbonyl (C=O) groups is 4. The summed E-state index contributed by atoms with van der Waals surface area (Å²) in [5, 5.41) is 12.3. The normalized spacial score (nSPS) is 26.2. The van der Waals surface area contributed by atoms with Gasteiger partial charge in [-0.1, -0.05) is 77.3 Å². The minimum atomic E-state index is -1.54. The van der Waals surface area contributed by atoms with E-state index in [1.54, 1.807) is 30.3 Å². The highest BCUT2D eigenvalue weighted by atomic mass is 35.5. The average Bonchev–Trinajstić information content (AvgIpc) is 3.54. The molecule has 1 saturated carbocycles. The van der Waals surface area contributed by atoms with Crippen molar-refractivity contribution in [2.45, 2.75) is 38.0 Å². The van der Waals surface area contributed by atoms with Crippen molar-refractivity contribution in [3.05, 3.63) is 124 Å².